The van der Waals surface area contributed by atoms with Gasteiger partial charge < -0.3 is 29.7 Å². The molecule has 0 aliphatic carbocycles. The zero-order valence-electron chi connectivity index (χ0n) is 18.9. The highest BCUT2D eigenvalue weighted by Gasteiger charge is 2.11. The Hall–Kier alpha value is -3.41. The number of nitrogens with one attached hydrogen (secondary N) is 2. The molecule has 0 aromatic heterocycles. The van der Waals surface area contributed by atoms with Crippen LogP contribution in [-0.2, 0) is 14.2 Å². The van der Waals surface area contributed by atoms with Crippen LogP contribution in [0.25, 0.3) is 0 Å². The van der Waals surface area contributed by atoms with Gasteiger partial charge in [0.15, 0.2) is 11.5 Å². The number of nitriles is 1. The number of hydrogen-bond donors (Lipinski definition) is 2. The van der Waals surface area contributed by atoms with Crippen LogP contribution in [0, 0.1) is 11.5 Å². The number of ether oxygens (including phenoxy) is 3. The molecule has 0 rings (SSSR count). The Morgan fingerprint density at radius 3 is 2.40 bits per heavy atom. The van der Waals surface area contributed by atoms with Gasteiger partial charge in [-0.25, -0.2) is 0 Å². The average Bonchev–Trinajstić information content (AvgIpc) is 2.74. The summed E-state index contributed by atoms with van der Waals surface area (Å²) in [5.74, 6) is 1.46. The number of hydrogen-bond acceptors (Lipinski definition) is 7. The van der Waals surface area contributed by atoms with E-state index in [1.165, 1.54) is 21.3 Å². The number of methoxy groups -OCH3 is 3. The predicted octanol–water partition coefficient (Wildman–Crippen LogP) is 2.84. The molecule has 0 heterocycles. The fourth-order valence-corrected chi connectivity index (χ4v) is 2.35. The summed E-state index contributed by atoms with van der Waals surface area (Å²) < 4.78 is 15.8. The zero-order chi connectivity index (χ0) is 22.9. The lowest BCUT2D eigenvalue weighted by molar-refractivity contribution is 0.192. The van der Waals surface area contributed by atoms with Gasteiger partial charge >= 0.3 is 0 Å². The molecule has 9 heteroatoms. The molecule has 0 aromatic carbocycles. The highest BCUT2D eigenvalue weighted by atomic mass is 16.5. The molecule has 0 saturated heterocycles. The minimum absolute atomic E-state index is 0.332. The van der Waals surface area contributed by atoms with Crippen LogP contribution in [0.3, 0.4) is 0 Å². The fourth-order valence-electron chi connectivity index (χ4n) is 2.35. The molecule has 0 bridgehead atoms. The summed E-state index contributed by atoms with van der Waals surface area (Å²) in [6, 6.07) is 0. The summed E-state index contributed by atoms with van der Waals surface area (Å²) in [7, 11) is 4.51. The molecular formula is C21H34N6O3. The molecular weight excluding hydrogens is 384 g/mol. The lowest BCUT2D eigenvalue weighted by Gasteiger charge is -2.19. The van der Waals surface area contributed by atoms with Crippen LogP contribution in [0.15, 0.2) is 57.5 Å². The van der Waals surface area contributed by atoms with Crippen LogP contribution in [-0.4, -0.2) is 58.5 Å². The van der Waals surface area contributed by atoms with E-state index in [9.17, 15) is 0 Å². The molecule has 0 aromatic rings. The van der Waals surface area contributed by atoms with Crippen LogP contribution >= 0.6 is 0 Å². The summed E-state index contributed by atoms with van der Waals surface area (Å²) in [4.78, 5) is 9.84. The first-order valence-corrected chi connectivity index (χ1v) is 9.47. The highest BCUT2D eigenvalue weighted by molar-refractivity contribution is 5.82. The van der Waals surface area contributed by atoms with E-state index in [1.54, 1.807) is 12.3 Å². The minimum atomic E-state index is 0.332. The van der Waals surface area contributed by atoms with Gasteiger partial charge in [-0.05, 0) is 33.9 Å². The summed E-state index contributed by atoms with van der Waals surface area (Å²) in [5.41, 5.74) is 1.55. The van der Waals surface area contributed by atoms with Crippen molar-refractivity contribution in [2.75, 3.05) is 41.0 Å². The Morgan fingerprint density at radius 2 is 1.90 bits per heavy atom. The predicted molar refractivity (Wildman–Crippen MR) is 120 cm³/mol. The van der Waals surface area contributed by atoms with E-state index >= 15 is 0 Å². The number of nitrogens with zero attached hydrogens (tertiary/aromatic N) is 4. The monoisotopic (exact) mass is 418 g/mol. The largest absolute Gasteiger partial charge is 0.493 e. The fraction of sp³-hybridized carbons (Fsp3) is 0.476. The SMILES string of the molecule is C=N/C(C)=C\N(CC)CCCN/C(=N/C#N)N/C(C)=C/C(OC)=C(/OC)C(=C)OC. The van der Waals surface area contributed by atoms with E-state index in [2.05, 4.69) is 45.7 Å². The van der Waals surface area contributed by atoms with Crippen LogP contribution in [0.4, 0.5) is 0 Å². The Bertz CT molecular complexity index is 732. The maximum Gasteiger partial charge on any atom is 0.211 e. The van der Waals surface area contributed by atoms with Crippen LogP contribution in [0.1, 0.15) is 27.2 Å². The molecule has 2 N–H and O–H groups in total. The molecule has 166 valence electrons. The number of rotatable bonds is 13. The van der Waals surface area contributed by atoms with Crippen molar-refractivity contribution in [1.29, 1.82) is 5.26 Å². The van der Waals surface area contributed by atoms with E-state index in [1.807, 2.05) is 20.0 Å². The van der Waals surface area contributed by atoms with Crippen molar-refractivity contribution >= 4 is 12.7 Å². The summed E-state index contributed by atoms with van der Waals surface area (Å²) in [5, 5.41) is 15.1. The van der Waals surface area contributed by atoms with Crippen molar-refractivity contribution in [1.82, 2.24) is 15.5 Å². The van der Waals surface area contributed by atoms with Crippen molar-refractivity contribution in [2.45, 2.75) is 27.2 Å². The maximum absolute atomic E-state index is 8.97. The van der Waals surface area contributed by atoms with E-state index in [0.717, 1.165) is 25.2 Å². The third-order valence-corrected chi connectivity index (χ3v) is 3.91. The van der Waals surface area contributed by atoms with Gasteiger partial charge in [-0.3, -0.25) is 4.99 Å². The molecule has 9 nitrogen and oxygen atoms in total. The van der Waals surface area contributed by atoms with E-state index in [-0.39, 0.29) is 0 Å². The molecule has 0 unspecified atom stereocenters. The van der Waals surface area contributed by atoms with Crippen molar-refractivity contribution in [2.24, 2.45) is 9.98 Å². The topological polar surface area (TPSA) is 104 Å². The van der Waals surface area contributed by atoms with Gasteiger partial charge in [-0.15, -0.1) is 4.99 Å². The molecule has 0 spiro atoms. The first kappa shape index (κ1) is 26.6. The quantitative estimate of drug-likeness (QED) is 0.118. The molecule has 30 heavy (non-hydrogen) atoms. The Kier molecular flexibility index (Phi) is 13.7. The van der Waals surface area contributed by atoms with Crippen molar-refractivity contribution in [3.05, 3.63) is 47.5 Å². The molecule has 0 atom stereocenters. The number of allylic oxidation sites excluding steroid dienone is 3. The van der Waals surface area contributed by atoms with Crippen LogP contribution in [0.2, 0.25) is 0 Å². The van der Waals surface area contributed by atoms with Crippen molar-refractivity contribution in [3.63, 3.8) is 0 Å². The van der Waals surface area contributed by atoms with Crippen molar-refractivity contribution < 1.29 is 14.2 Å². The zero-order valence-corrected chi connectivity index (χ0v) is 18.9. The van der Waals surface area contributed by atoms with Crippen LogP contribution < -0.4 is 10.6 Å². The second-order valence-corrected chi connectivity index (χ2v) is 6.08. The van der Waals surface area contributed by atoms with E-state index < -0.39 is 0 Å². The highest BCUT2D eigenvalue weighted by Crippen LogP contribution is 2.17. The molecule has 0 aliphatic heterocycles. The second kappa shape index (κ2) is 15.5. The summed E-state index contributed by atoms with van der Waals surface area (Å²) in [6.45, 7) is 15.4. The third-order valence-electron chi connectivity index (χ3n) is 3.91. The first-order valence-electron chi connectivity index (χ1n) is 9.47. The van der Waals surface area contributed by atoms with E-state index in [0.29, 0.717) is 35.5 Å². The summed E-state index contributed by atoms with van der Waals surface area (Å²) in [6.07, 6.45) is 6.31. The standard InChI is InChI=1S/C21H34N6O3/c1-9-27(14-17(3)23-5)12-10-11-24-21(25-15-22)26-16(2)13-19(29-7)20(30-8)18(4)28-6/h13-14H,4-5,9-12H2,1-3,6-8H3,(H2,24,25,26)/b16-13+,17-14-,20-19-. The molecule has 0 amide bonds. The van der Waals surface area contributed by atoms with Gasteiger partial charge in [0, 0.05) is 37.6 Å². The Balaban J connectivity index is 5.05. The van der Waals surface area contributed by atoms with Gasteiger partial charge in [-0.1, -0.05) is 6.58 Å². The maximum atomic E-state index is 8.97. The molecule has 0 saturated carbocycles. The average molecular weight is 419 g/mol. The third kappa shape index (κ3) is 10.2. The summed E-state index contributed by atoms with van der Waals surface area (Å²) >= 11 is 0. The lowest BCUT2D eigenvalue weighted by Crippen LogP contribution is -2.37. The Morgan fingerprint density at radius 1 is 1.20 bits per heavy atom. The molecule has 0 aliphatic rings. The first-order chi connectivity index (χ1) is 14.4. The lowest BCUT2D eigenvalue weighted by atomic mass is 10.3. The normalized spacial score (nSPS) is 12.9. The molecule has 0 radical (unpaired) electrons. The van der Waals surface area contributed by atoms with Crippen molar-refractivity contribution in [3.8, 4) is 6.19 Å². The molecule has 0 fully saturated rings. The second-order valence-electron chi connectivity index (χ2n) is 6.08. The number of aliphatic imine (C=N–C) groups is 2. The number of guanidine groups is 1. The van der Waals surface area contributed by atoms with Gasteiger partial charge in [0.25, 0.3) is 0 Å². The van der Waals surface area contributed by atoms with Gasteiger partial charge in [-0.2, -0.15) is 5.26 Å². The van der Waals surface area contributed by atoms with E-state index in [4.69, 9.17) is 19.5 Å². The smallest absolute Gasteiger partial charge is 0.211 e. The van der Waals surface area contributed by atoms with Gasteiger partial charge in [0.1, 0.15) is 0 Å². The van der Waals surface area contributed by atoms with Gasteiger partial charge in [0.2, 0.25) is 17.9 Å². The van der Waals surface area contributed by atoms with Crippen LogP contribution in [0.5, 0.6) is 0 Å². The van der Waals surface area contributed by atoms with Gasteiger partial charge in [0.05, 0.1) is 27.0 Å². The Labute approximate surface area is 180 Å². The minimum Gasteiger partial charge on any atom is -0.493 e.